The van der Waals surface area contributed by atoms with Crippen molar-refractivity contribution in [2.24, 2.45) is 5.92 Å². The first-order chi connectivity index (χ1) is 12.1. The molecule has 0 aliphatic carbocycles. The fraction of sp³-hybridized carbons (Fsp3) is 0.350. The summed E-state index contributed by atoms with van der Waals surface area (Å²) in [7, 11) is 0. The highest BCUT2D eigenvalue weighted by Gasteiger charge is 2.16. The maximum absolute atomic E-state index is 12.9. The van der Waals surface area contributed by atoms with Crippen LogP contribution in [0, 0.1) is 5.92 Å². The number of benzene rings is 1. The second-order valence-corrected chi connectivity index (χ2v) is 7.83. The maximum atomic E-state index is 12.9. The van der Waals surface area contributed by atoms with Gasteiger partial charge in [-0.3, -0.25) is 4.57 Å². The van der Waals surface area contributed by atoms with E-state index in [0.717, 1.165) is 28.6 Å². The predicted octanol–water partition coefficient (Wildman–Crippen LogP) is 4.38. The monoisotopic (exact) mass is 368 g/mol. The predicted molar refractivity (Wildman–Crippen MR) is 108 cm³/mol. The van der Waals surface area contributed by atoms with Gasteiger partial charge in [0.1, 0.15) is 11.2 Å². The molecule has 6 heteroatoms. The van der Waals surface area contributed by atoms with Crippen molar-refractivity contribution in [1.29, 1.82) is 0 Å². The summed E-state index contributed by atoms with van der Waals surface area (Å²) in [5.74, 6) is 0.657. The minimum atomic E-state index is -0.138. The molecular weight excluding hydrogens is 344 g/mol. The van der Waals surface area contributed by atoms with Crippen molar-refractivity contribution in [3.63, 3.8) is 0 Å². The molecule has 5 nitrogen and oxygen atoms in total. The molecule has 0 fully saturated rings. The number of aryl methyl sites for hydroxylation is 1. The van der Waals surface area contributed by atoms with Gasteiger partial charge in [0.15, 0.2) is 5.65 Å². The lowest BCUT2D eigenvalue weighted by Crippen LogP contribution is -2.27. The van der Waals surface area contributed by atoms with Gasteiger partial charge in [-0.1, -0.05) is 51.6 Å². The minimum absolute atomic E-state index is 0. The Labute approximate surface area is 156 Å². The first kappa shape index (κ1) is 18.3. The molecule has 4 rings (SSSR count). The van der Waals surface area contributed by atoms with E-state index in [1.54, 1.807) is 11.3 Å². The van der Waals surface area contributed by atoms with Crippen LogP contribution < -0.4 is 5.69 Å². The fourth-order valence-corrected chi connectivity index (χ4v) is 4.18. The van der Waals surface area contributed by atoms with Gasteiger partial charge >= 0.3 is 5.69 Å². The number of hydrogen-bond donors (Lipinski definition) is 0. The van der Waals surface area contributed by atoms with Crippen molar-refractivity contribution in [1.82, 2.24) is 19.2 Å². The summed E-state index contributed by atoms with van der Waals surface area (Å²) >= 11 is 1.70. The third kappa shape index (κ3) is 3.29. The Kier molecular flexibility index (Phi) is 5.23. The van der Waals surface area contributed by atoms with Crippen molar-refractivity contribution in [3.05, 3.63) is 63.7 Å². The van der Waals surface area contributed by atoms with Crippen LogP contribution in [-0.4, -0.2) is 19.2 Å². The first-order valence-electron chi connectivity index (χ1n) is 8.52. The van der Waals surface area contributed by atoms with Gasteiger partial charge in [0.25, 0.3) is 0 Å². The van der Waals surface area contributed by atoms with Crippen LogP contribution in [0.5, 0.6) is 0 Å². The van der Waals surface area contributed by atoms with E-state index in [0.29, 0.717) is 18.1 Å². The van der Waals surface area contributed by atoms with E-state index in [1.165, 1.54) is 15.7 Å². The van der Waals surface area contributed by atoms with Crippen molar-refractivity contribution < 1.29 is 0 Å². The molecule has 0 saturated carbocycles. The molecule has 0 aliphatic heterocycles. The van der Waals surface area contributed by atoms with Gasteiger partial charge in [-0.25, -0.2) is 9.78 Å². The number of rotatable bonds is 5. The average molecular weight is 369 g/mol. The molecule has 3 aromatic heterocycles. The van der Waals surface area contributed by atoms with Crippen LogP contribution in [-0.2, 0) is 13.0 Å². The summed E-state index contributed by atoms with van der Waals surface area (Å²) in [4.78, 5) is 19.5. The third-order valence-electron chi connectivity index (χ3n) is 4.36. The highest BCUT2D eigenvalue weighted by Crippen LogP contribution is 2.29. The van der Waals surface area contributed by atoms with Crippen LogP contribution in [0.4, 0.5) is 0 Å². The molecule has 0 amide bonds. The number of hydrogen-bond acceptors (Lipinski definition) is 4. The lowest BCUT2D eigenvalue weighted by molar-refractivity contribution is 0.590. The third-order valence-corrected chi connectivity index (χ3v) is 5.58. The SMILES string of the molecule is C.CC(C)CCc1cc2c(s1)n(Cc1ccccc1)c(=O)n1ncnc21. The zero-order valence-electron chi connectivity index (χ0n) is 14.3. The molecule has 0 atom stereocenters. The smallest absolute Gasteiger partial charge is 0.278 e. The van der Waals surface area contributed by atoms with Crippen molar-refractivity contribution in [2.75, 3.05) is 0 Å². The number of thiophene rings is 1. The molecule has 0 saturated heterocycles. The van der Waals surface area contributed by atoms with Crippen LogP contribution in [0.2, 0.25) is 0 Å². The second kappa shape index (κ2) is 7.41. The standard InChI is InChI=1S/C19H20N4OS.CH4/c1-13(2)8-9-15-10-16-17-20-12-21-23(17)19(24)22(18(16)25-15)11-14-6-4-3-5-7-14;/h3-7,10,12-13H,8-9,11H2,1-2H3;1H4. The maximum Gasteiger partial charge on any atom is 0.352 e. The van der Waals surface area contributed by atoms with E-state index >= 15 is 0 Å². The molecule has 0 spiro atoms. The quantitative estimate of drug-likeness (QED) is 0.525. The highest BCUT2D eigenvalue weighted by molar-refractivity contribution is 7.18. The topological polar surface area (TPSA) is 52.2 Å². The molecular formula is C20H24N4OS. The molecule has 0 radical (unpaired) electrons. The van der Waals surface area contributed by atoms with Crippen LogP contribution >= 0.6 is 11.3 Å². The zero-order valence-corrected chi connectivity index (χ0v) is 15.2. The Bertz CT molecular complexity index is 1080. The molecule has 0 unspecified atom stereocenters. The van der Waals surface area contributed by atoms with Crippen LogP contribution in [0.1, 0.15) is 38.1 Å². The highest BCUT2D eigenvalue weighted by atomic mass is 32.1. The lowest BCUT2D eigenvalue weighted by atomic mass is 10.1. The minimum Gasteiger partial charge on any atom is -0.278 e. The van der Waals surface area contributed by atoms with Crippen molar-refractivity contribution >= 4 is 27.2 Å². The van der Waals surface area contributed by atoms with Crippen molar-refractivity contribution in [3.8, 4) is 0 Å². The molecule has 136 valence electrons. The molecule has 26 heavy (non-hydrogen) atoms. The van der Waals surface area contributed by atoms with Crippen LogP contribution in [0.3, 0.4) is 0 Å². The summed E-state index contributed by atoms with van der Waals surface area (Å²) in [5, 5.41) is 5.14. The van der Waals surface area contributed by atoms with Gasteiger partial charge in [-0.2, -0.15) is 9.61 Å². The summed E-state index contributed by atoms with van der Waals surface area (Å²) in [6, 6.07) is 12.2. The van der Waals surface area contributed by atoms with E-state index in [-0.39, 0.29) is 13.1 Å². The van der Waals surface area contributed by atoms with E-state index in [4.69, 9.17) is 0 Å². The number of aromatic nitrogens is 4. The summed E-state index contributed by atoms with van der Waals surface area (Å²) in [6.45, 7) is 5.00. The summed E-state index contributed by atoms with van der Waals surface area (Å²) < 4.78 is 3.22. The Morgan fingerprint density at radius 1 is 1.19 bits per heavy atom. The summed E-state index contributed by atoms with van der Waals surface area (Å²) in [6.07, 6.45) is 3.62. The Morgan fingerprint density at radius 2 is 1.96 bits per heavy atom. The van der Waals surface area contributed by atoms with E-state index in [1.807, 2.05) is 34.9 Å². The van der Waals surface area contributed by atoms with E-state index in [2.05, 4.69) is 30.0 Å². The van der Waals surface area contributed by atoms with Gasteiger partial charge in [-0.05, 0) is 30.4 Å². The fourth-order valence-electron chi connectivity index (χ4n) is 3.02. The van der Waals surface area contributed by atoms with E-state index in [9.17, 15) is 4.79 Å². The molecule has 0 bridgehead atoms. The Balaban J connectivity index is 0.00000196. The van der Waals surface area contributed by atoms with Crippen LogP contribution in [0.25, 0.3) is 15.9 Å². The van der Waals surface area contributed by atoms with E-state index < -0.39 is 0 Å². The normalized spacial score (nSPS) is 11.3. The zero-order chi connectivity index (χ0) is 17.4. The first-order valence-corrected chi connectivity index (χ1v) is 9.34. The van der Waals surface area contributed by atoms with Gasteiger partial charge in [0.2, 0.25) is 0 Å². The van der Waals surface area contributed by atoms with Gasteiger partial charge in [-0.15, -0.1) is 11.3 Å². The molecule has 3 heterocycles. The Morgan fingerprint density at radius 3 is 2.69 bits per heavy atom. The number of fused-ring (bicyclic) bond motifs is 3. The molecule has 4 aromatic rings. The van der Waals surface area contributed by atoms with Crippen molar-refractivity contribution in [2.45, 2.75) is 40.7 Å². The molecule has 1 aromatic carbocycles. The lowest BCUT2D eigenvalue weighted by Gasteiger charge is -2.08. The molecule has 0 N–H and O–H groups in total. The molecule has 0 aliphatic rings. The van der Waals surface area contributed by atoms with Gasteiger partial charge < -0.3 is 0 Å². The summed E-state index contributed by atoms with van der Waals surface area (Å²) in [5.41, 5.74) is 1.61. The van der Waals surface area contributed by atoms with Crippen LogP contribution in [0.15, 0.2) is 47.5 Å². The second-order valence-electron chi connectivity index (χ2n) is 6.71. The largest absolute Gasteiger partial charge is 0.352 e. The average Bonchev–Trinajstić information content (AvgIpc) is 3.24. The Hall–Kier alpha value is -2.47. The number of nitrogens with zero attached hydrogens (tertiary/aromatic N) is 4. The van der Waals surface area contributed by atoms with Gasteiger partial charge in [0, 0.05) is 4.88 Å². The van der Waals surface area contributed by atoms with Gasteiger partial charge in [0.05, 0.1) is 11.9 Å².